The number of pyridine rings is 1. The van der Waals surface area contributed by atoms with E-state index < -0.39 is 53.4 Å². The normalized spacial score (nSPS) is 16.1. The number of carbonyl (C=O) groups is 1. The summed E-state index contributed by atoms with van der Waals surface area (Å²) in [5.41, 5.74) is 2.07. The number of nitrogens with zero attached hydrogens (tertiary/aromatic N) is 2. The number of aryl methyl sites for hydroxylation is 1. The fourth-order valence-corrected chi connectivity index (χ4v) is 6.20. The predicted octanol–water partition coefficient (Wildman–Crippen LogP) is 5.65. The van der Waals surface area contributed by atoms with Crippen LogP contribution >= 0.6 is 11.8 Å². The molecule has 2 aliphatic heterocycles. The van der Waals surface area contributed by atoms with Crippen molar-refractivity contribution in [1.82, 2.24) is 9.58 Å². The van der Waals surface area contributed by atoms with Gasteiger partial charge in [-0.05, 0) is 48.6 Å². The van der Waals surface area contributed by atoms with E-state index in [0.29, 0.717) is 4.90 Å². The maximum Gasteiger partial charge on any atom is 0.416 e. The number of rotatable bonds is 2. The zero-order valence-corrected chi connectivity index (χ0v) is 21.3. The summed E-state index contributed by atoms with van der Waals surface area (Å²) in [5.74, 6) is -2.33. The SMILES string of the molecule is Cc1cccc2c1SCc1c(C(F)(F)F)ccc(-c3cc(=O)c(O)c4n3NCN(C(C)C(F)(F)F)C4=O)c1C2. The zero-order valence-electron chi connectivity index (χ0n) is 20.5. The van der Waals surface area contributed by atoms with E-state index in [0.717, 1.165) is 39.8 Å². The Hall–Kier alpha value is -3.61. The summed E-state index contributed by atoms with van der Waals surface area (Å²) in [7, 11) is 0. The van der Waals surface area contributed by atoms with Crippen LogP contribution in [0.2, 0.25) is 0 Å². The Morgan fingerprint density at radius 1 is 1.05 bits per heavy atom. The Morgan fingerprint density at radius 3 is 2.44 bits per heavy atom. The lowest BCUT2D eigenvalue weighted by Gasteiger charge is -2.37. The van der Waals surface area contributed by atoms with Crippen molar-refractivity contribution in [1.29, 1.82) is 0 Å². The van der Waals surface area contributed by atoms with Gasteiger partial charge in [-0.3, -0.25) is 9.59 Å². The average Bonchev–Trinajstić information content (AvgIpc) is 3.05. The van der Waals surface area contributed by atoms with Gasteiger partial charge >= 0.3 is 12.4 Å². The van der Waals surface area contributed by atoms with Crippen molar-refractivity contribution in [2.24, 2.45) is 0 Å². The topological polar surface area (TPSA) is 74.6 Å². The van der Waals surface area contributed by atoms with Crippen LogP contribution in [0.3, 0.4) is 0 Å². The third-order valence-corrected chi connectivity index (χ3v) is 8.33. The molecule has 0 spiro atoms. The fraction of sp³-hybridized carbons (Fsp3) is 0.308. The lowest BCUT2D eigenvalue weighted by atomic mass is 9.89. The molecule has 0 aliphatic carbocycles. The standard InChI is InChI=1S/C26H21F6N3O3S/c1-12-4-3-5-14-8-16-15(6-7-18(26(30,31)32)17(16)10-39-23(12)14)19-9-20(36)22(37)21-24(38)34(11-33-35(19)21)13(2)25(27,28)29/h3-7,9,13,33,37H,8,10-11H2,1-2H3. The van der Waals surface area contributed by atoms with Gasteiger partial charge in [0.15, 0.2) is 11.4 Å². The number of hydrogen-bond acceptors (Lipinski definition) is 5. The molecule has 206 valence electrons. The van der Waals surface area contributed by atoms with Crippen molar-refractivity contribution in [3.8, 4) is 17.0 Å². The van der Waals surface area contributed by atoms with E-state index in [1.165, 1.54) is 17.8 Å². The number of hydrogen-bond donors (Lipinski definition) is 2. The molecule has 0 fully saturated rings. The van der Waals surface area contributed by atoms with Crippen molar-refractivity contribution < 1.29 is 36.2 Å². The van der Waals surface area contributed by atoms with Crippen LogP contribution in [-0.2, 0) is 18.3 Å². The summed E-state index contributed by atoms with van der Waals surface area (Å²) in [6, 6.07) is 6.24. The number of nitrogens with one attached hydrogen (secondary N) is 1. The molecule has 0 saturated heterocycles. The molecule has 2 aromatic carbocycles. The van der Waals surface area contributed by atoms with Gasteiger partial charge in [-0.1, -0.05) is 24.3 Å². The summed E-state index contributed by atoms with van der Waals surface area (Å²) in [4.78, 5) is 27.1. The lowest BCUT2D eigenvalue weighted by Crippen LogP contribution is -2.54. The van der Waals surface area contributed by atoms with E-state index in [2.05, 4.69) is 5.43 Å². The minimum Gasteiger partial charge on any atom is -0.502 e. The molecular formula is C26H21F6N3O3S. The second-order valence-electron chi connectivity index (χ2n) is 9.38. The lowest BCUT2D eigenvalue weighted by molar-refractivity contribution is -0.172. The molecule has 3 aromatic rings. The first-order valence-corrected chi connectivity index (χ1v) is 12.7. The van der Waals surface area contributed by atoms with Crippen molar-refractivity contribution >= 4 is 17.7 Å². The van der Waals surface area contributed by atoms with Crippen LogP contribution in [0.15, 0.2) is 46.1 Å². The molecule has 3 heterocycles. The number of thioether (sulfide) groups is 1. The summed E-state index contributed by atoms with van der Waals surface area (Å²) in [6.45, 7) is 2.00. The van der Waals surface area contributed by atoms with Gasteiger partial charge < -0.3 is 15.4 Å². The largest absolute Gasteiger partial charge is 0.502 e. The van der Waals surface area contributed by atoms with Crippen LogP contribution in [0.4, 0.5) is 26.3 Å². The van der Waals surface area contributed by atoms with Crippen LogP contribution < -0.4 is 10.9 Å². The van der Waals surface area contributed by atoms with Gasteiger partial charge in [-0.15, -0.1) is 11.8 Å². The molecule has 6 nitrogen and oxygen atoms in total. The first kappa shape index (κ1) is 27.0. The summed E-state index contributed by atoms with van der Waals surface area (Å²) in [6.07, 6.45) is -9.36. The number of fused-ring (bicyclic) bond motifs is 3. The van der Waals surface area contributed by atoms with E-state index in [1.807, 2.05) is 13.0 Å². The third-order valence-electron chi connectivity index (χ3n) is 7.03. The van der Waals surface area contributed by atoms with Crippen LogP contribution in [0.25, 0.3) is 11.3 Å². The average molecular weight is 570 g/mol. The minimum absolute atomic E-state index is 0.00456. The molecule has 1 atom stereocenters. The van der Waals surface area contributed by atoms with Crippen LogP contribution in [0.1, 0.15) is 45.2 Å². The Labute approximate surface area is 222 Å². The maximum atomic E-state index is 14.1. The molecule has 0 radical (unpaired) electrons. The van der Waals surface area contributed by atoms with E-state index in [9.17, 15) is 41.0 Å². The van der Waals surface area contributed by atoms with E-state index in [4.69, 9.17) is 0 Å². The van der Waals surface area contributed by atoms with Crippen molar-refractivity contribution in [2.75, 3.05) is 12.1 Å². The highest BCUT2D eigenvalue weighted by molar-refractivity contribution is 7.98. The molecule has 1 aromatic heterocycles. The number of amides is 1. The van der Waals surface area contributed by atoms with Gasteiger partial charge in [0.25, 0.3) is 5.91 Å². The Kier molecular flexibility index (Phi) is 6.40. The van der Waals surface area contributed by atoms with Crippen molar-refractivity contribution in [3.05, 3.63) is 80.1 Å². The summed E-state index contributed by atoms with van der Waals surface area (Å²) >= 11 is 1.26. The third kappa shape index (κ3) is 4.52. The number of aromatic hydroxyl groups is 1. The predicted molar refractivity (Wildman–Crippen MR) is 132 cm³/mol. The van der Waals surface area contributed by atoms with E-state index in [-0.39, 0.29) is 34.6 Å². The molecule has 1 unspecified atom stereocenters. The minimum atomic E-state index is -4.78. The van der Waals surface area contributed by atoms with Crippen molar-refractivity contribution in [3.63, 3.8) is 0 Å². The van der Waals surface area contributed by atoms with Gasteiger partial charge in [-0.25, -0.2) is 4.68 Å². The van der Waals surface area contributed by atoms with Gasteiger partial charge in [0.2, 0.25) is 5.43 Å². The second-order valence-corrected chi connectivity index (χ2v) is 10.4. The Bertz CT molecular complexity index is 1560. The Balaban J connectivity index is 1.74. The van der Waals surface area contributed by atoms with Gasteiger partial charge in [0, 0.05) is 22.3 Å². The van der Waals surface area contributed by atoms with Crippen LogP contribution in [-0.4, -0.2) is 39.5 Å². The van der Waals surface area contributed by atoms with E-state index in [1.54, 1.807) is 12.1 Å². The highest BCUT2D eigenvalue weighted by atomic mass is 32.2. The maximum absolute atomic E-state index is 14.1. The number of alkyl halides is 6. The molecule has 0 saturated carbocycles. The highest BCUT2D eigenvalue weighted by Gasteiger charge is 2.45. The number of halogens is 6. The molecular weight excluding hydrogens is 548 g/mol. The second kappa shape index (κ2) is 9.25. The monoisotopic (exact) mass is 569 g/mol. The van der Waals surface area contributed by atoms with Crippen LogP contribution in [0, 0.1) is 6.92 Å². The molecule has 13 heteroatoms. The molecule has 5 rings (SSSR count). The first-order chi connectivity index (χ1) is 18.2. The fourth-order valence-electron chi connectivity index (χ4n) is 4.96. The molecule has 2 N–H and O–H groups in total. The summed E-state index contributed by atoms with van der Waals surface area (Å²) < 4.78 is 83.3. The zero-order chi connectivity index (χ0) is 28.4. The Morgan fingerprint density at radius 2 is 1.77 bits per heavy atom. The number of carbonyl (C=O) groups excluding carboxylic acids is 1. The van der Waals surface area contributed by atoms with Crippen molar-refractivity contribution in [2.45, 2.75) is 49.3 Å². The quantitative estimate of drug-likeness (QED) is 0.390. The van der Waals surface area contributed by atoms with Gasteiger partial charge in [0.1, 0.15) is 12.7 Å². The first-order valence-electron chi connectivity index (χ1n) is 11.7. The summed E-state index contributed by atoms with van der Waals surface area (Å²) in [5, 5.41) is 10.4. The number of aromatic nitrogens is 1. The highest BCUT2D eigenvalue weighted by Crippen LogP contribution is 2.45. The van der Waals surface area contributed by atoms with E-state index >= 15 is 0 Å². The number of benzene rings is 2. The molecule has 1 amide bonds. The molecule has 0 bridgehead atoms. The smallest absolute Gasteiger partial charge is 0.416 e. The van der Waals surface area contributed by atoms with Crippen LogP contribution in [0.5, 0.6) is 5.75 Å². The molecule has 39 heavy (non-hydrogen) atoms. The van der Waals surface area contributed by atoms with Gasteiger partial charge in [0.05, 0.1) is 11.3 Å². The molecule has 2 aliphatic rings. The van der Waals surface area contributed by atoms with Gasteiger partial charge in [-0.2, -0.15) is 26.3 Å².